The molecule has 0 saturated carbocycles. The third-order valence-electron chi connectivity index (χ3n) is 2.71. The lowest BCUT2D eigenvalue weighted by Crippen LogP contribution is -2.37. The molecule has 1 unspecified atom stereocenters. The molecule has 1 aromatic carbocycles. The first-order valence-electron chi connectivity index (χ1n) is 6.79. The van der Waals surface area contributed by atoms with Crippen molar-refractivity contribution in [2.24, 2.45) is 5.73 Å². The molecule has 0 aromatic heterocycles. The van der Waals surface area contributed by atoms with Crippen molar-refractivity contribution >= 4 is 33.8 Å². The number of carbonyl (C=O) groups excluding carboxylic acids is 1. The second-order valence-corrected chi connectivity index (χ2v) is 7.15. The van der Waals surface area contributed by atoms with Gasteiger partial charge in [-0.05, 0) is 25.0 Å². The summed E-state index contributed by atoms with van der Waals surface area (Å²) >= 11 is 0. The Morgan fingerprint density at radius 1 is 1.41 bits per heavy atom. The van der Waals surface area contributed by atoms with Crippen molar-refractivity contribution in [2.75, 3.05) is 23.9 Å². The normalized spacial score (nSPS) is 12.1. The predicted molar refractivity (Wildman–Crippen MR) is 90.4 cm³/mol. The number of halogens is 1. The minimum absolute atomic E-state index is 0. The average molecular weight is 351 g/mol. The zero-order chi connectivity index (χ0) is 15.9. The van der Waals surface area contributed by atoms with Crippen LogP contribution >= 0.6 is 12.4 Å². The van der Waals surface area contributed by atoms with Gasteiger partial charge in [-0.3, -0.25) is 4.79 Å². The highest BCUT2D eigenvalue weighted by atomic mass is 35.5. The van der Waals surface area contributed by atoms with E-state index in [0.29, 0.717) is 18.0 Å². The molecule has 22 heavy (non-hydrogen) atoms. The zero-order valence-electron chi connectivity index (χ0n) is 12.7. The monoisotopic (exact) mass is 350 g/mol. The number of carbonyl (C=O) groups is 1. The third kappa shape index (κ3) is 8.21. The fraction of sp³-hybridized carbons (Fsp3) is 0.500. The number of hydrogen-bond acceptors (Lipinski definition) is 5. The molecule has 1 aromatic rings. The number of amides is 1. The molecule has 6 nitrogen and oxygen atoms in total. The van der Waals surface area contributed by atoms with E-state index in [1.807, 2.05) is 6.92 Å². The minimum atomic E-state index is -3.12. The molecule has 0 aliphatic carbocycles. The van der Waals surface area contributed by atoms with Crippen molar-refractivity contribution in [2.45, 2.75) is 25.8 Å². The molecule has 126 valence electrons. The highest BCUT2D eigenvalue weighted by Crippen LogP contribution is 2.17. The molecule has 0 aliphatic heterocycles. The lowest BCUT2D eigenvalue weighted by molar-refractivity contribution is -0.117. The molecule has 0 heterocycles. The summed E-state index contributed by atoms with van der Waals surface area (Å²) in [6.45, 7) is 2.61. The minimum Gasteiger partial charge on any atom is -0.494 e. The average Bonchev–Trinajstić information content (AvgIpc) is 2.42. The van der Waals surface area contributed by atoms with Gasteiger partial charge in [0, 0.05) is 18.0 Å². The second-order valence-electron chi connectivity index (χ2n) is 4.89. The SMILES string of the molecule is CCCOc1cccc(NC(=O)C(N)CCS(C)(=O)=O)c1.Cl. The highest BCUT2D eigenvalue weighted by Gasteiger charge is 2.16. The van der Waals surface area contributed by atoms with E-state index in [1.165, 1.54) is 0 Å². The van der Waals surface area contributed by atoms with E-state index >= 15 is 0 Å². The molecule has 0 saturated heterocycles. The van der Waals surface area contributed by atoms with Crippen LogP contribution in [0.25, 0.3) is 0 Å². The molecule has 0 bridgehead atoms. The van der Waals surface area contributed by atoms with E-state index < -0.39 is 21.8 Å². The summed E-state index contributed by atoms with van der Waals surface area (Å²) in [6, 6.07) is 6.13. The van der Waals surface area contributed by atoms with E-state index in [1.54, 1.807) is 24.3 Å². The fourth-order valence-electron chi connectivity index (χ4n) is 1.59. The Kier molecular flexibility index (Phi) is 9.08. The van der Waals surface area contributed by atoms with Gasteiger partial charge >= 0.3 is 0 Å². The Bertz CT molecular complexity index is 578. The molecular formula is C14H23ClN2O4S. The quantitative estimate of drug-likeness (QED) is 0.742. The maximum atomic E-state index is 11.9. The Balaban J connectivity index is 0.00000441. The van der Waals surface area contributed by atoms with Crippen LogP contribution in [0.15, 0.2) is 24.3 Å². The van der Waals surface area contributed by atoms with Crippen LogP contribution in [-0.2, 0) is 14.6 Å². The van der Waals surface area contributed by atoms with E-state index in [9.17, 15) is 13.2 Å². The van der Waals surface area contributed by atoms with Crippen LogP contribution in [0.1, 0.15) is 19.8 Å². The van der Waals surface area contributed by atoms with Gasteiger partial charge in [0.05, 0.1) is 18.4 Å². The van der Waals surface area contributed by atoms with Gasteiger partial charge in [-0.1, -0.05) is 13.0 Å². The van der Waals surface area contributed by atoms with Crippen LogP contribution in [0, 0.1) is 0 Å². The second kappa shape index (κ2) is 9.66. The summed E-state index contributed by atoms with van der Waals surface area (Å²) < 4.78 is 27.6. The molecule has 0 aliphatic rings. The topological polar surface area (TPSA) is 98.5 Å². The van der Waals surface area contributed by atoms with Crippen LogP contribution in [0.2, 0.25) is 0 Å². The van der Waals surface area contributed by atoms with Crippen molar-refractivity contribution < 1.29 is 17.9 Å². The van der Waals surface area contributed by atoms with E-state index in [2.05, 4.69) is 5.32 Å². The van der Waals surface area contributed by atoms with Gasteiger partial charge in [-0.25, -0.2) is 8.42 Å². The largest absolute Gasteiger partial charge is 0.494 e. The lowest BCUT2D eigenvalue weighted by Gasteiger charge is -2.12. The number of sulfone groups is 1. The van der Waals surface area contributed by atoms with E-state index in [0.717, 1.165) is 12.7 Å². The first-order chi connectivity index (χ1) is 9.81. The number of anilines is 1. The molecular weight excluding hydrogens is 328 g/mol. The molecule has 1 amide bonds. The first-order valence-corrected chi connectivity index (χ1v) is 8.85. The number of nitrogens with two attached hydrogens (primary N) is 1. The summed E-state index contributed by atoms with van der Waals surface area (Å²) in [5, 5.41) is 2.66. The van der Waals surface area contributed by atoms with Crippen LogP contribution in [-0.4, -0.2) is 39.0 Å². The summed E-state index contributed by atoms with van der Waals surface area (Å²) in [5.41, 5.74) is 6.26. The van der Waals surface area contributed by atoms with E-state index in [4.69, 9.17) is 10.5 Å². The summed E-state index contributed by atoms with van der Waals surface area (Å²) in [4.78, 5) is 11.9. The van der Waals surface area contributed by atoms with Gasteiger partial charge < -0.3 is 15.8 Å². The Morgan fingerprint density at radius 3 is 2.68 bits per heavy atom. The fourth-order valence-corrected chi connectivity index (χ4v) is 2.27. The molecule has 0 spiro atoms. The number of nitrogens with one attached hydrogen (secondary N) is 1. The van der Waals surface area contributed by atoms with Crippen LogP contribution in [0.4, 0.5) is 5.69 Å². The van der Waals surface area contributed by atoms with E-state index in [-0.39, 0.29) is 24.6 Å². The van der Waals surface area contributed by atoms with Crippen molar-refractivity contribution in [1.29, 1.82) is 0 Å². The standard InChI is InChI=1S/C14H22N2O4S.ClH/c1-3-8-20-12-6-4-5-11(10-12)16-14(17)13(15)7-9-21(2,18)19;/h4-6,10,13H,3,7-9,15H2,1-2H3,(H,16,17);1H. The summed E-state index contributed by atoms with van der Waals surface area (Å²) in [7, 11) is -3.12. The Labute approximate surface area is 137 Å². The zero-order valence-corrected chi connectivity index (χ0v) is 14.4. The Morgan fingerprint density at radius 2 is 2.09 bits per heavy atom. The Hall–Kier alpha value is -1.31. The molecule has 1 atom stereocenters. The molecule has 1 rings (SSSR count). The number of hydrogen-bond donors (Lipinski definition) is 2. The maximum Gasteiger partial charge on any atom is 0.241 e. The smallest absolute Gasteiger partial charge is 0.241 e. The molecule has 0 fully saturated rings. The molecule has 8 heteroatoms. The predicted octanol–water partition coefficient (Wildman–Crippen LogP) is 1.60. The van der Waals surface area contributed by atoms with Crippen molar-refractivity contribution in [3.8, 4) is 5.75 Å². The van der Waals surface area contributed by atoms with Gasteiger partial charge in [-0.15, -0.1) is 12.4 Å². The van der Waals surface area contributed by atoms with Crippen molar-refractivity contribution in [1.82, 2.24) is 0 Å². The molecule has 3 N–H and O–H groups in total. The van der Waals surface area contributed by atoms with Gasteiger partial charge in [-0.2, -0.15) is 0 Å². The lowest BCUT2D eigenvalue weighted by atomic mass is 10.2. The van der Waals surface area contributed by atoms with Crippen LogP contribution in [0.3, 0.4) is 0 Å². The van der Waals surface area contributed by atoms with Gasteiger partial charge in [0.25, 0.3) is 0 Å². The van der Waals surface area contributed by atoms with Crippen molar-refractivity contribution in [3.05, 3.63) is 24.3 Å². The first kappa shape index (κ1) is 20.7. The van der Waals surface area contributed by atoms with Crippen molar-refractivity contribution in [3.63, 3.8) is 0 Å². The third-order valence-corrected chi connectivity index (χ3v) is 3.69. The van der Waals surface area contributed by atoms with Gasteiger partial charge in [0.15, 0.2) is 0 Å². The number of rotatable bonds is 8. The number of ether oxygens (including phenoxy) is 1. The van der Waals surface area contributed by atoms with Crippen LogP contribution < -0.4 is 15.8 Å². The summed E-state index contributed by atoms with van der Waals surface area (Å²) in [6.07, 6.45) is 2.11. The molecule has 0 radical (unpaired) electrons. The van der Waals surface area contributed by atoms with Gasteiger partial charge in [0.1, 0.15) is 15.6 Å². The van der Waals surface area contributed by atoms with Crippen LogP contribution in [0.5, 0.6) is 5.75 Å². The maximum absolute atomic E-state index is 11.9. The van der Waals surface area contributed by atoms with Gasteiger partial charge in [0.2, 0.25) is 5.91 Å². The highest BCUT2D eigenvalue weighted by molar-refractivity contribution is 7.90. The summed E-state index contributed by atoms with van der Waals surface area (Å²) in [5.74, 6) is 0.145. The number of benzene rings is 1.